The van der Waals surface area contributed by atoms with Gasteiger partial charge in [0, 0.05) is 17.0 Å². The van der Waals surface area contributed by atoms with Gasteiger partial charge in [0.25, 0.3) is 0 Å². The molecule has 0 bridgehead atoms. The van der Waals surface area contributed by atoms with Crippen LogP contribution in [0.25, 0.3) is 0 Å². The predicted octanol–water partition coefficient (Wildman–Crippen LogP) is 0.818. The van der Waals surface area contributed by atoms with E-state index in [1.807, 2.05) is 0 Å². The summed E-state index contributed by atoms with van der Waals surface area (Å²) in [5, 5.41) is 0. The number of nitrogens with zero attached hydrogens (tertiary/aromatic N) is 1. The molecule has 1 saturated heterocycles. The number of amides is 1. The molecule has 2 nitrogen and oxygen atoms in total. The summed E-state index contributed by atoms with van der Waals surface area (Å²) < 4.78 is 0.659. The first kappa shape index (κ1) is 7.05. The van der Waals surface area contributed by atoms with Crippen LogP contribution in [0.3, 0.4) is 0 Å². The Morgan fingerprint density at radius 1 is 1.78 bits per heavy atom. The third-order valence-electron chi connectivity index (χ3n) is 1.32. The Morgan fingerprint density at radius 3 is 2.67 bits per heavy atom. The van der Waals surface area contributed by atoms with Gasteiger partial charge in [0.2, 0.25) is 5.91 Å². The van der Waals surface area contributed by atoms with Gasteiger partial charge < -0.3 is 4.90 Å². The summed E-state index contributed by atoms with van der Waals surface area (Å²) in [7, 11) is 0. The molecule has 1 aliphatic rings. The smallest absolute Gasteiger partial charge is 0.246 e. The molecule has 0 aliphatic carbocycles. The van der Waals surface area contributed by atoms with Crippen LogP contribution in [0.15, 0.2) is 12.7 Å². The van der Waals surface area contributed by atoms with E-state index < -0.39 is 0 Å². The predicted molar refractivity (Wildman–Crippen MR) is 44.6 cm³/mol. The van der Waals surface area contributed by atoms with Crippen LogP contribution in [-0.2, 0) is 4.79 Å². The highest BCUT2D eigenvalue weighted by atomic mass is 127. The molecule has 50 valence electrons. The van der Waals surface area contributed by atoms with Gasteiger partial charge in [-0.15, -0.1) is 0 Å². The lowest BCUT2D eigenvalue weighted by Gasteiger charge is -2.34. The molecule has 0 N–H and O–H groups in total. The molecule has 1 aliphatic heterocycles. The van der Waals surface area contributed by atoms with Gasteiger partial charge in [-0.05, 0) is 6.08 Å². The largest absolute Gasteiger partial charge is 0.337 e. The Labute approximate surface area is 68.1 Å². The van der Waals surface area contributed by atoms with Gasteiger partial charge in [-0.3, -0.25) is 4.79 Å². The maximum atomic E-state index is 10.7. The summed E-state index contributed by atoms with van der Waals surface area (Å²) in [5.74, 6) is 0.0583. The second-order valence-electron chi connectivity index (χ2n) is 2.04. The van der Waals surface area contributed by atoms with E-state index in [0.29, 0.717) is 3.92 Å². The lowest BCUT2D eigenvalue weighted by Crippen LogP contribution is -2.49. The number of carbonyl (C=O) groups excluding carboxylic acids is 1. The molecule has 1 fully saturated rings. The number of rotatable bonds is 1. The molecule has 1 heterocycles. The maximum absolute atomic E-state index is 10.7. The van der Waals surface area contributed by atoms with Gasteiger partial charge in [-0.25, -0.2) is 0 Å². The zero-order chi connectivity index (χ0) is 6.85. The summed E-state index contributed by atoms with van der Waals surface area (Å²) in [6, 6.07) is 0. The zero-order valence-electron chi connectivity index (χ0n) is 5.01. The molecule has 0 aromatic carbocycles. The molecule has 1 rings (SSSR count). The molecule has 0 radical (unpaired) electrons. The molecule has 0 unspecified atom stereocenters. The third kappa shape index (κ3) is 1.44. The fourth-order valence-electron chi connectivity index (χ4n) is 0.734. The molecule has 0 spiro atoms. The van der Waals surface area contributed by atoms with Crippen LogP contribution in [0.4, 0.5) is 0 Å². The Hall–Kier alpha value is -0.0600. The average Bonchev–Trinajstić information content (AvgIpc) is 1.79. The first-order chi connectivity index (χ1) is 4.24. The molecule has 0 atom stereocenters. The fourth-order valence-corrected chi connectivity index (χ4v) is 1.68. The van der Waals surface area contributed by atoms with Crippen molar-refractivity contribution >= 4 is 28.5 Å². The molecular weight excluding hydrogens is 229 g/mol. The summed E-state index contributed by atoms with van der Waals surface area (Å²) in [4.78, 5) is 12.5. The minimum absolute atomic E-state index is 0.0583. The topological polar surface area (TPSA) is 20.3 Å². The SMILES string of the molecule is C=CC(=O)N1CC(I)C1. The van der Waals surface area contributed by atoms with Crippen molar-refractivity contribution in [1.29, 1.82) is 0 Å². The van der Waals surface area contributed by atoms with E-state index in [2.05, 4.69) is 29.2 Å². The minimum Gasteiger partial charge on any atom is -0.337 e. The Balaban J connectivity index is 2.31. The highest BCUT2D eigenvalue weighted by molar-refractivity contribution is 14.1. The molecule has 0 saturated carbocycles. The summed E-state index contributed by atoms with van der Waals surface area (Å²) in [5.41, 5.74) is 0. The Kier molecular flexibility index (Phi) is 2.10. The zero-order valence-corrected chi connectivity index (χ0v) is 7.17. The summed E-state index contributed by atoms with van der Waals surface area (Å²) in [6.07, 6.45) is 1.36. The van der Waals surface area contributed by atoms with Gasteiger partial charge in [0.15, 0.2) is 0 Å². The van der Waals surface area contributed by atoms with Crippen LogP contribution in [0, 0.1) is 0 Å². The van der Waals surface area contributed by atoms with Crippen molar-refractivity contribution in [3.63, 3.8) is 0 Å². The second kappa shape index (κ2) is 2.68. The summed E-state index contributed by atoms with van der Waals surface area (Å²) >= 11 is 2.33. The normalized spacial score (nSPS) is 19.0. The van der Waals surface area contributed by atoms with Crippen molar-refractivity contribution in [3.8, 4) is 0 Å². The lowest BCUT2D eigenvalue weighted by molar-refractivity contribution is -0.128. The van der Waals surface area contributed by atoms with E-state index in [-0.39, 0.29) is 5.91 Å². The first-order valence-corrected chi connectivity index (χ1v) is 4.04. The van der Waals surface area contributed by atoms with Gasteiger partial charge in [-0.2, -0.15) is 0 Å². The fraction of sp³-hybridized carbons (Fsp3) is 0.500. The van der Waals surface area contributed by atoms with Crippen LogP contribution >= 0.6 is 22.6 Å². The van der Waals surface area contributed by atoms with E-state index in [9.17, 15) is 4.79 Å². The van der Waals surface area contributed by atoms with Crippen molar-refractivity contribution in [2.75, 3.05) is 13.1 Å². The van der Waals surface area contributed by atoms with Crippen molar-refractivity contribution in [1.82, 2.24) is 4.90 Å². The molecule has 3 heteroatoms. The second-order valence-corrected chi connectivity index (χ2v) is 3.81. The highest BCUT2D eigenvalue weighted by Gasteiger charge is 2.26. The standard InChI is InChI=1S/C6H8INO/c1-2-6(9)8-3-5(7)4-8/h2,5H,1,3-4H2. The van der Waals surface area contributed by atoms with Crippen molar-refractivity contribution in [3.05, 3.63) is 12.7 Å². The molecule has 0 aromatic rings. The molecular formula is C6H8INO. The number of hydrogen-bond acceptors (Lipinski definition) is 1. The van der Waals surface area contributed by atoms with Crippen molar-refractivity contribution in [2.24, 2.45) is 0 Å². The highest BCUT2D eigenvalue weighted by Crippen LogP contribution is 2.15. The van der Waals surface area contributed by atoms with Crippen LogP contribution < -0.4 is 0 Å². The van der Waals surface area contributed by atoms with Gasteiger partial charge in [0.1, 0.15) is 0 Å². The van der Waals surface area contributed by atoms with Gasteiger partial charge in [-0.1, -0.05) is 29.2 Å². The van der Waals surface area contributed by atoms with E-state index >= 15 is 0 Å². The van der Waals surface area contributed by atoms with E-state index in [0.717, 1.165) is 13.1 Å². The first-order valence-electron chi connectivity index (χ1n) is 2.79. The number of likely N-dealkylation sites (tertiary alicyclic amines) is 1. The van der Waals surface area contributed by atoms with Crippen molar-refractivity contribution < 1.29 is 4.79 Å². The van der Waals surface area contributed by atoms with Crippen LogP contribution in [0.2, 0.25) is 0 Å². The summed E-state index contributed by atoms with van der Waals surface area (Å²) in [6.45, 7) is 5.18. The number of alkyl halides is 1. The third-order valence-corrected chi connectivity index (χ3v) is 2.11. The van der Waals surface area contributed by atoms with Gasteiger partial charge >= 0.3 is 0 Å². The van der Waals surface area contributed by atoms with Crippen LogP contribution in [0.1, 0.15) is 0 Å². The molecule has 0 aromatic heterocycles. The minimum atomic E-state index is 0.0583. The molecule has 9 heavy (non-hydrogen) atoms. The van der Waals surface area contributed by atoms with Gasteiger partial charge in [0.05, 0.1) is 0 Å². The Morgan fingerprint density at radius 2 is 2.33 bits per heavy atom. The van der Waals surface area contributed by atoms with Crippen molar-refractivity contribution in [2.45, 2.75) is 3.92 Å². The van der Waals surface area contributed by atoms with Crippen LogP contribution in [-0.4, -0.2) is 27.8 Å². The number of hydrogen-bond donors (Lipinski definition) is 0. The quantitative estimate of drug-likeness (QED) is 0.375. The lowest BCUT2D eigenvalue weighted by atomic mass is 10.2. The Bertz CT molecular complexity index is 140. The monoisotopic (exact) mass is 237 g/mol. The van der Waals surface area contributed by atoms with Crippen LogP contribution in [0.5, 0.6) is 0 Å². The average molecular weight is 237 g/mol. The number of carbonyl (C=O) groups is 1. The van der Waals surface area contributed by atoms with E-state index in [1.165, 1.54) is 6.08 Å². The van der Waals surface area contributed by atoms with E-state index in [1.54, 1.807) is 4.90 Å². The maximum Gasteiger partial charge on any atom is 0.246 e. The number of halogens is 1. The molecule has 1 amide bonds. The van der Waals surface area contributed by atoms with E-state index in [4.69, 9.17) is 0 Å².